The number of nitrogens with zero attached hydrogens (tertiary/aromatic N) is 3. The molecule has 4 rings (SSSR count). The molecule has 29 heavy (non-hydrogen) atoms. The number of aromatic amines is 1. The molecule has 0 saturated carbocycles. The highest BCUT2D eigenvalue weighted by Crippen LogP contribution is 2.30. The monoisotopic (exact) mass is 389 g/mol. The van der Waals surface area contributed by atoms with Gasteiger partial charge in [0, 0.05) is 48.9 Å². The predicted molar refractivity (Wildman–Crippen MR) is 111 cm³/mol. The van der Waals surface area contributed by atoms with Crippen LogP contribution >= 0.6 is 0 Å². The van der Waals surface area contributed by atoms with Crippen LogP contribution in [0.3, 0.4) is 0 Å². The Morgan fingerprint density at radius 2 is 1.90 bits per heavy atom. The zero-order valence-electron chi connectivity index (χ0n) is 15.7. The van der Waals surface area contributed by atoms with Crippen molar-refractivity contribution >= 4 is 5.69 Å². The lowest BCUT2D eigenvalue weighted by Crippen LogP contribution is -2.08. The minimum atomic E-state index is -0.291. The topological polar surface area (TPSA) is 75.6 Å². The molecule has 0 aliphatic heterocycles. The number of aromatic nitrogens is 4. The molecule has 0 unspecified atom stereocenters. The lowest BCUT2D eigenvalue weighted by atomic mass is 10.1. The maximum atomic E-state index is 13.3. The summed E-state index contributed by atoms with van der Waals surface area (Å²) in [6, 6.07) is 13.4. The molecule has 3 aromatic heterocycles. The van der Waals surface area contributed by atoms with Gasteiger partial charge in [-0.25, -0.2) is 9.37 Å². The zero-order chi connectivity index (χ0) is 20.1. The summed E-state index contributed by atoms with van der Waals surface area (Å²) in [5.74, 6) is -0.291. The van der Waals surface area contributed by atoms with Crippen molar-refractivity contribution in [2.24, 2.45) is 0 Å². The minimum Gasteiger partial charge on any atom is -0.384 e. The summed E-state index contributed by atoms with van der Waals surface area (Å²) in [5, 5.41) is 3.34. The molecule has 0 fully saturated rings. The molecule has 0 amide bonds. The SMILES string of the molecule is O=c1ccc(-c2c(-c3ccc(F)cc3)ncn2CCCNc2cccnc2)c[nH]1. The third-order valence-electron chi connectivity index (χ3n) is 4.58. The summed E-state index contributed by atoms with van der Waals surface area (Å²) in [6.45, 7) is 1.51. The highest BCUT2D eigenvalue weighted by Gasteiger charge is 2.15. The molecule has 0 atom stereocenters. The molecule has 3 heterocycles. The number of halogens is 1. The number of anilines is 1. The first-order valence-electron chi connectivity index (χ1n) is 9.35. The summed E-state index contributed by atoms with van der Waals surface area (Å²) in [4.78, 5) is 22.9. The van der Waals surface area contributed by atoms with Crippen molar-refractivity contribution in [1.29, 1.82) is 0 Å². The second-order valence-corrected chi connectivity index (χ2v) is 6.61. The molecule has 0 saturated heterocycles. The first kappa shape index (κ1) is 18.6. The molecule has 146 valence electrons. The maximum absolute atomic E-state index is 13.3. The van der Waals surface area contributed by atoms with E-state index in [1.54, 1.807) is 43.1 Å². The van der Waals surface area contributed by atoms with Crippen LogP contribution in [0.2, 0.25) is 0 Å². The summed E-state index contributed by atoms with van der Waals surface area (Å²) in [5.41, 5.74) is 4.11. The fraction of sp³-hybridized carbons (Fsp3) is 0.136. The molecular weight excluding hydrogens is 369 g/mol. The van der Waals surface area contributed by atoms with Crippen molar-refractivity contribution in [2.75, 3.05) is 11.9 Å². The van der Waals surface area contributed by atoms with Gasteiger partial charge in [0.05, 0.1) is 23.4 Å². The van der Waals surface area contributed by atoms with Gasteiger partial charge in [-0.2, -0.15) is 0 Å². The van der Waals surface area contributed by atoms with Gasteiger partial charge >= 0.3 is 0 Å². The number of nitrogens with one attached hydrogen (secondary N) is 2. The van der Waals surface area contributed by atoms with E-state index in [0.717, 1.165) is 47.7 Å². The molecule has 0 aliphatic carbocycles. The Kier molecular flexibility index (Phi) is 5.47. The van der Waals surface area contributed by atoms with E-state index in [-0.39, 0.29) is 11.4 Å². The van der Waals surface area contributed by atoms with Gasteiger partial charge in [-0.3, -0.25) is 9.78 Å². The Balaban J connectivity index is 1.58. The summed E-state index contributed by atoms with van der Waals surface area (Å²) < 4.78 is 15.4. The molecule has 0 radical (unpaired) electrons. The summed E-state index contributed by atoms with van der Waals surface area (Å²) in [7, 11) is 0. The Morgan fingerprint density at radius 3 is 2.62 bits per heavy atom. The van der Waals surface area contributed by atoms with Gasteiger partial charge in [0.25, 0.3) is 0 Å². The van der Waals surface area contributed by atoms with Gasteiger partial charge in [0.2, 0.25) is 5.56 Å². The van der Waals surface area contributed by atoms with E-state index < -0.39 is 0 Å². The fourth-order valence-corrected chi connectivity index (χ4v) is 3.18. The normalized spacial score (nSPS) is 10.8. The summed E-state index contributed by atoms with van der Waals surface area (Å²) >= 11 is 0. The van der Waals surface area contributed by atoms with E-state index >= 15 is 0 Å². The third-order valence-corrected chi connectivity index (χ3v) is 4.58. The van der Waals surface area contributed by atoms with Gasteiger partial charge in [-0.05, 0) is 48.9 Å². The van der Waals surface area contributed by atoms with Gasteiger partial charge in [-0.15, -0.1) is 0 Å². The van der Waals surface area contributed by atoms with Crippen LogP contribution in [0.25, 0.3) is 22.5 Å². The van der Waals surface area contributed by atoms with Crippen LogP contribution in [0.4, 0.5) is 10.1 Å². The Morgan fingerprint density at radius 1 is 1.07 bits per heavy atom. The van der Waals surface area contributed by atoms with Crippen LogP contribution in [0.1, 0.15) is 6.42 Å². The quantitative estimate of drug-likeness (QED) is 0.470. The van der Waals surface area contributed by atoms with Crippen molar-refractivity contribution in [2.45, 2.75) is 13.0 Å². The standard InChI is InChI=1S/C22H20FN5O/c23-18-7-4-16(5-8-18)21-22(17-6-9-20(29)26-13-17)28(15-27-21)12-2-11-25-19-3-1-10-24-14-19/h1,3-10,13-15,25H,2,11-12H2,(H,26,29). The molecule has 1 aromatic carbocycles. The van der Waals surface area contributed by atoms with Crippen molar-refractivity contribution in [3.05, 3.63) is 89.6 Å². The number of rotatable bonds is 7. The predicted octanol–water partition coefficient (Wildman–Crippen LogP) is 3.94. The number of aryl methyl sites for hydroxylation is 1. The van der Waals surface area contributed by atoms with Crippen molar-refractivity contribution < 1.29 is 4.39 Å². The van der Waals surface area contributed by atoms with E-state index in [1.165, 1.54) is 18.2 Å². The number of hydrogen-bond acceptors (Lipinski definition) is 4. The highest BCUT2D eigenvalue weighted by atomic mass is 19.1. The number of hydrogen-bond donors (Lipinski definition) is 2. The van der Waals surface area contributed by atoms with Gasteiger partial charge < -0.3 is 14.9 Å². The first-order chi connectivity index (χ1) is 14.2. The van der Waals surface area contributed by atoms with E-state index in [4.69, 9.17) is 0 Å². The fourth-order valence-electron chi connectivity index (χ4n) is 3.18. The highest BCUT2D eigenvalue weighted by molar-refractivity contribution is 5.78. The number of benzene rings is 1. The van der Waals surface area contributed by atoms with Crippen LogP contribution in [-0.4, -0.2) is 26.1 Å². The second kappa shape index (κ2) is 8.52. The Hall–Kier alpha value is -3.74. The van der Waals surface area contributed by atoms with Crippen LogP contribution in [0.15, 0.2) is 78.2 Å². The van der Waals surface area contributed by atoms with Crippen molar-refractivity contribution in [3.63, 3.8) is 0 Å². The molecule has 4 aromatic rings. The lowest BCUT2D eigenvalue weighted by molar-refractivity contribution is 0.628. The Bertz CT molecular complexity index is 1120. The van der Waals surface area contributed by atoms with E-state index in [2.05, 4.69) is 24.8 Å². The molecule has 0 aliphatic rings. The van der Waals surface area contributed by atoms with Crippen molar-refractivity contribution in [1.82, 2.24) is 19.5 Å². The van der Waals surface area contributed by atoms with Crippen LogP contribution in [-0.2, 0) is 6.54 Å². The zero-order valence-corrected chi connectivity index (χ0v) is 15.7. The average molecular weight is 389 g/mol. The van der Waals surface area contributed by atoms with Gasteiger partial charge in [-0.1, -0.05) is 0 Å². The smallest absolute Gasteiger partial charge is 0.247 e. The van der Waals surface area contributed by atoms with Gasteiger partial charge in [0.1, 0.15) is 5.82 Å². The third kappa shape index (κ3) is 4.40. The number of imidazole rings is 1. The minimum absolute atomic E-state index is 0.163. The first-order valence-corrected chi connectivity index (χ1v) is 9.35. The van der Waals surface area contributed by atoms with Crippen molar-refractivity contribution in [3.8, 4) is 22.5 Å². The molecule has 7 heteroatoms. The van der Waals surface area contributed by atoms with E-state index in [0.29, 0.717) is 0 Å². The molecular formula is C22H20FN5O. The molecule has 0 bridgehead atoms. The molecule has 2 N–H and O–H groups in total. The molecule has 6 nitrogen and oxygen atoms in total. The Labute approximate surface area is 167 Å². The molecule has 0 spiro atoms. The van der Waals surface area contributed by atoms with E-state index in [9.17, 15) is 9.18 Å². The summed E-state index contributed by atoms with van der Waals surface area (Å²) in [6.07, 6.45) is 7.85. The maximum Gasteiger partial charge on any atom is 0.247 e. The number of pyridine rings is 2. The average Bonchev–Trinajstić information content (AvgIpc) is 3.17. The largest absolute Gasteiger partial charge is 0.384 e. The van der Waals surface area contributed by atoms with Crippen LogP contribution in [0, 0.1) is 5.82 Å². The second-order valence-electron chi connectivity index (χ2n) is 6.61. The van der Waals surface area contributed by atoms with Gasteiger partial charge in [0.15, 0.2) is 0 Å². The number of H-pyrrole nitrogens is 1. The lowest BCUT2D eigenvalue weighted by Gasteiger charge is -2.11. The van der Waals surface area contributed by atoms with E-state index in [1.807, 2.05) is 12.1 Å². The van der Waals surface area contributed by atoms with Crippen LogP contribution in [0.5, 0.6) is 0 Å². The van der Waals surface area contributed by atoms with Crippen LogP contribution < -0.4 is 10.9 Å².